The van der Waals surface area contributed by atoms with E-state index in [0.717, 1.165) is 13.1 Å². The zero-order chi connectivity index (χ0) is 11.4. The molecule has 2 rings (SSSR count). The molecule has 0 N–H and O–H groups in total. The van der Waals surface area contributed by atoms with Crippen molar-refractivity contribution in [2.45, 2.75) is 0 Å². The fourth-order valence-electron chi connectivity index (χ4n) is 1.75. The third-order valence-corrected chi connectivity index (χ3v) is 3.61. The quantitative estimate of drug-likeness (QED) is 0.736. The van der Waals surface area contributed by atoms with E-state index in [1.165, 1.54) is 24.3 Å². The average molecular weight is 237 g/mol. The van der Waals surface area contributed by atoms with Gasteiger partial charge < -0.3 is 9.64 Å². The lowest BCUT2D eigenvalue weighted by Gasteiger charge is -2.28. The van der Waals surface area contributed by atoms with E-state index in [4.69, 9.17) is 0 Å². The van der Waals surface area contributed by atoms with E-state index in [1.54, 1.807) is 0 Å². The molecular weight excluding hydrogens is 222 g/mol. The summed E-state index contributed by atoms with van der Waals surface area (Å²) in [5.74, 6) is 2.08. The molecule has 0 saturated carbocycles. The van der Waals surface area contributed by atoms with Gasteiger partial charge in [0, 0.05) is 30.3 Å². The van der Waals surface area contributed by atoms with Gasteiger partial charge >= 0.3 is 5.97 Å². The van der Waals surface area contributed by atoms with Gasteiger partial charge in [-0.3, -0.25) is 0 Å². The van der Waals surface area contributed by atoms with E-state index in [9.17, 15) is 4.79 Å². The number of anilines is 1. The van der Waals surface area contributed by atoms with Gasteiger partial charge in [-0.15, -0.1) is 0 Å². The largest absolute Gasteiger partial charge is 0.465 e. The molecule has 0 aliphatic carbocycles. The van der Waals surface area contributed by atoms with E-state index in [-0.39, 0.29) is 5.97 Å². The summed E-state index contributed by atoms with van der Waals surface area (Å²) in [5.41, 5.74) is 1.80. The first-order chi connectivity index (χ1) is 7.81. The Kier molecular flexibility index (Phi) is 3.72. The SMILES string of the molecule is COC(=O)c1ccc(N2CCSCC2)cc1. The molecular formula is C12H15NO2S. The van der Waals surface area contributed by atoms with Gasteiger partial charge in [0.2, 0.25) is 0 Å². The van der Waals surface area contributed by atoms with Crippen LogP contribution < -0.4 is 4.90 Å². The normalized spacial score (nSPS) is 15.9. The Morgan fingerprint density at radius 3 is 2.44 bits per heavy atom. The van der Waals surface area contributed by atoms with Crippen LogP contribution in [0.2, 0.25) is 0 Å². The predicted octanol–water partition coefficient (Wildman–Crippen LogP) is 2.03. The monoisotopic (exact) mass is 237 g/mol. The molecule has 1 aliphatic heterocycles. The second kappa shape index (κ2) is 5.25. The lowest BCUT2D eigenvalue weighted by atomic mass is 10.2. The summed E-state index contributed by atoms with van der Waals surface area (Å²) in [5, 5.41) is 0. The molecule has 1 heterocycles. The van der Waals surface area contributed by atoms with Crippen molar-refractivity contribution in [1.29, 1.82) is 0 Å². The molecule has 1 aromatic carbocycles. The molecule has 1 saturated heterocycles. The lowest BCUT2D eigenvalue weighted by molar-refractivity contribution is 0.0601. The van der Waals surface area contributed by atoms with E-state index in [1.807, 2.05) is 36.0 Å². The molecule has 3 nitrogen and oxygen atoms in total. The standard InChI is InChI=1S/C12H15NO2S/c1-15-12(14)10-2-4-11(5-3-10)13-6-8-16-9-7-13/h2-5H,6-9H2,1H3. The van der Waals surface area contributed by atoms with Gasteiger partial charge in [-0.1, -0.05) is 0 Å². The van der Waals surface area contributed by atoms with Gasteiger partial charge in [-0.25, -0.2) is 4.79 Å². The van der Waals surface area contributed by atoms with Crippen molar-refractivity contribution in [3.05, 3.63) is 29.8 Å². The van der Waals surface area contributed by atoms with Gasteiger partial charge in [0.25, 0.3) is 0 Å². The minimum absolute atomic E-state index is 0.277. The number of benzene rings is 1. The van der Waals surface area contributed by atoms with Crippen LogP contribution in [0.1, 0.15) is 10.4 Å². The summed E-state index contributed by atoms with van der Waals surface area (Å²) in [6.07, 6.45) is 0. The number of esters is 1. The Morgan fingerprint density at radius 2 is 1.88 bits per heavy atom. The van der Waals surface area contributed by atoms with Crippen molar-refractivity contribution in [3.8, 4) is 0 Å². The highest BCUT2D eigenvalue weighted by atomic mass is 32.2. The summed E-state index contributed by atoms with van der Waals surface area (Å²) in [7, 11) is 1.40. The number of carbonyl (C=O) groups excluding carboxylic acids is 1. The van der Waals surface area contributed by atoms with Crippen LogP contribution in [0.15, 0.2) is 24.3 Å². The van der Waals surface area contributed by atoms with Crippen LogP contribution in [0.3, 0.4) is 0 Å². The molecule has 1 aliphatic rings. The Bertz CT molecular complexity index is 358. The fourth-order valence-corrected chi connectivity index (χ4v) is 2.65. The van der Waals surface area contributed by atoms with Crippen molar-refractivity contribution in [2.24, 2.45) is 0 Å². The predicted molar refractivity (Wildman–Crippen MR) is 67.3 cm³/mol. The van der Waals surface area contributed by atoms with Gasteiger partial charge in [-0.2, -0.15) is 11.8 Å². The van der Waals surface area contributed by atoms with Gasteiger partial charge in [0.1, 0.15) is 0 Å². The van der Waals surface area contributed by atoms with Crippen LogP contribution in [0.5, 0.6) is 0 Å². The number of hydrogen-bond acceptors (Lipinski definition) is 4. The third-order valence-electron chi connectivity index (χ3n) is 2.66. The number of rotatable bonds is 2. The summed E-state index contributed by atoms with van der Waals surface area (Å²) in [6.45, 7) is 2.17. The molecule has 0 unspecified atom stereocenters. The van der Waals surface area contributed by atoms with Crippen LogP contribution in [0.25, 0.3) is 0 Å². The molecule has 1 fully saturated rings. The fraction of sp³-hybridized carbons (Fsp3) is 0.417. The average Bonchev–Trinajstić information content (AvgIpc) is 2.39. The van der Waals surface area contributed by atoms with Crippen LogP contribution >= 0.6 is 11.8 Å². The lowest BCUT2D eigenvalue weighted by Crippen LogP contribution is -2.32. The number of thioether (sulfide) groups is 1. The first kappa shape index (κ1) is 11.3. The van der Waals surface area contributed by atoms with Gasteiger partial charge in [0.05, 0.1) is 12.7 Å². The molecule has 16 heavy (non-hydrogen) atoms. The number of methoxy groups -OCH3 is 1. The molecule has 0 aromatic heterocycles. The van der Waals surface area contributed by atoms with Crippen LogP contribution in [0.4, 0.5) is 5.69 Å². The van der Waals surface area contributed by atoms with Crippen molar-refractivity contribution < 1.29 is 9.53 Å². The van der Waals surface area contributed by atoms with E-state index in [0.29, 0.717) is 5.56 Å². The first-order valence-corrected chi connectivity index (χ1v) is 6.48. The summed E-state index contributed by atoms with van der Waals surface area (Å²) >= 11 is 1.99. The highest BCUT2D eigenvalue weighted by Crippen LogP contribution is 2.19. The number of carbonyl (C=O) groups is 1. The van der Waals surface area contributed by atoms with Crippen molar-refractivity contribution >= 4 is 23.4 Å². The minimum Gasteiger partial charge on any atom is -0.465 e. The molecule has 0 radical (unpaired) electrons. The molecule has 4 heteroatoms. The van der Waals surface area contributed by atoms with Crippen LogP contribution in [-0.2, 0) is 4.74 Å². The topological polar surface area (TPSA) is 29.5 Å². The maximum absolute atomic E-state index is 11.3. The molecule has 0 spiro atoms. The maximum Gasteiger partial charge on any atom is 0.337 e. The number of hydrogen-bond donors (Lipinski definition) is 0. The molecule has 0 bridgehead atoms. The van der Waals surface area contributed by atoms with Gasteiger partial charge in [0.15, 0.2) is 0 Å². The molecule has 0 amide bonds. The molecule has 1 aromatic rings. The van der Waals surface area contributed by atoms with Crippen LogP contribution in [-0.4, -0.2) is 37.7 Å². The highest BCUT2D eigenvalue weighted by Gasteiger charge is 2.11. The Labute approximate surface area is 99.8 Å². The zero-order valence-electron chi connectivity index (χ0n) is 9.31. The molecule has 0 atom stereocenters. The third kappa shape index (κ3) is 2.50. The van der Waals surface area contributed by atoms with Crippen molar-refractivity contribution in [3.63, 3.8) is 0 Å². The minimum atomic E-state index is -0.277. The second-order valence-electron chi connectivity index (χ2n) is 3.64. The Morgan fingerprint density at radius 1 is 1.25 bits per heavy atom. The highest BCUT2D eigenvalue weighted by molar-refractivity contribution is 7.99. The Hall–Kier alpha value is -1.16. The first-order valence-electron chi connectivity index (χ1n) is 5.32. The van der Waals surface area contributed by atoms with Crippen molar-refractivity contribution in [1.82, 2.24) is 0 Å². The van der Waals surface area contributed by atoms with Crippen LogP contribution in [0, 0.1) is 0 Å². The Balaban J connectivity index is 2.09. The molecule has 86 valence electrons. The maximum atomic E-state index is 11.3. The van der Waals surface area contributed by atoms with E-state index >= 15 is 0 Å². The van der Waals surface area contributed by atoms with Crippen molar-refractivity contribution in [2.75, 3.05) is 36.6 Å². The number of nitrogens with zero attached hydrogens (tertiary/aromatic N) is 1. The summed E-state index contributed by atoms with van der Waals surface area (Å²) in [6, 6.07) is 7.62. The zero-order valence-corrected chi connectivity index (χ0v) is 10.1. The van der Waals surface area contributed by atoms with Gasteiger partial charge in [-0.05, 0) is 24.3 Å². The second-order valence-corrected chi connectivity index (χ2v) is 4.86. The number of ether oxygens (including phenoxy) is 1. The summed E-state index contributed by atoms with van der Waals surface area (Å²) < 4.78 is 4.67. The van der Waals surface area contributed by atoms with E-state index < -0.39 is 0 Å². The summed E-state index contributed by atoms with van der Waals surface area (Å²) in [4.78, 5) is 13.6. The smallest absolute Gasteiger partial charge is 0.337 e. The van der Waals surface area contributed by atoms with E-state index in [2.05, 4.69) is 9.64 Å².